The number of halogens is 3. The monoisotopic (exact) mass is 316 g/mol. The number of benzene rings is 1. The van der Waals surface area contributed by atoms with E-state index < -0.39 is 28.3 Å². The van der Waals surface area contributed by atoms with E-state index in [4.69, 9.17) is 0 Å². The molecule has 1 N–H and O–H groups in total. The predicted octanol–water partition coefficient (Wildman–Crippen LogP) is 3.12. The number of alkyl halides is 3. The number of nitrogens with zero attached hydrogens (tertiary/aromatic N) is 1. The van der Waals surface area contributed by atoms with Crippen LogP contribution in [0, 0.1) is 17.0 Å². The van der Waals surface area contributed by atoms with Gasteiger partial charge in [0.15, 0.2) is 0 Å². The number of carbonyl (C=O) groups is 1. The molecule has 0 saturated heterocycles. The molecule has 1 aromatic heterocycles. The number of ether oxygens (including phenoxy) is 1. The van der Waals surface area contributed by atoms with Crippen LogP contribution < -0.4 is 0 Å². The SMILES string of the molecule is COC(=O)Cc1c(C)[nH]c2c(C(F)(F)F)cc([N+](=O)[O-])cc12. The van der Waals surface area contributed by atoms with Crippen molar-refractivity contribution in [3.63, 3.8) is 0 Å². The van der Waals surface area contributed by atoms with Crippen molar-refractivity contribution in [1.29, 1.82) is 0 Å². The minimum absolute atomic E-state index is 0.00979. The quantitative estimate of drug-likeness (QED) is 0.535. The average molecular weight is 316 g/mol. The van der Waals surface area contributed by atoms with E-state index in [2.05, 4.69) is 9.72 Å². The number of rotatable bonds is 3. The van der Waals surface area contributed by atoms with Gasteiger partial charge in [0, 0.05) is 23.2 Å². The van der Waals surface area contributed by atoms with E-state index in [1.165, 1.54) is 6.92 Å². The summed E-state index contributed by atoms with van der Waals surface area (Å²) in [5.74, 6) is -0.649. The van der Waals surface area contributed by atoms with E-state index in [0.717, 1.165) is 13.2 Å². The average Bonchev–Trinajstić information content (AvgIpc) is 2.72. The Balaban J connectivity index is 2.79. The molecule has 0 fully saturated rings. The van der Waals surface area contributed by atoms with Crippen LogP contribution in [-0.4, -0.2) is 23.0 Å². The van der Waals surface area contributed by atoms with Crippen molar-refractivity contribution in [2.75, 3.05) is 7.11 Å². The number of non-ortho nitro benzene ring substituents is 1. The third kappa shape index (κ3) is 2.74. The maximum absolute atomic E-state index is 13.1. The summed E-state index contributed by atoms with van der Waals surface area (Å²) < 4.78 is 43.8. The Bertz CT molecular complexity index is 765. The molecule has 0 radical (unpaired) electrons. The summed E-state index contributed by atoms with van der Waals surface area (Å²) in [5.41, 5.74) is -1.54. The fourth-order valence-electron chi connectivity index (χ4n) is 2.24. The van der Waals surface area contributed by atoms with Crippen molar-refractivity contribution >= 4 is 22.6 Å². The first kappa shape index (κ1) is 15.8. The van der Waals surface area contributed by atoms with Crippen LogP contribution in [0.2, 0.25) is 0 Å². The molecule has 0 aliphatic heterocycles. The standard InChI is InChI=1S/C13H11F3N2O4/c1-6-8(5-11(19)22-2)9-3-7(18(20)21)4-10(12(9)17-6)13(14,15)16/h3-4,17H,5H2,1-2H3. The van der Waals surface area contributed by atoms with E-state index in [1.807, 2.05) is 0 Å². The number of aryl methyl sites for hydroxylation is 1. The summed E-state index contributed by atoms with van der Waals surface area (Å²) in [6.07, 6.45) is -5.04. The van der Waals surface area contributed by atoms with Gasteiger partial charge in [-0.15, -0.1) is 0 Å². The van der Waals surface area contributed by atoms with E-state index in [9.17, 15) is 28.1 Å². The van der Waals surface area contributed by atoms with Crippen molar-refractivity contribution in [2.24, 2.45) is 0 Å². The molecule has 0 saturated carbocycles. The van der Waals surface area contributed by atoms with Crippen LogP contribution in [0.15, 0.2) is 12.1 Å². The van der Waals surface area contributed by atoms with Crippen LogP contribution in [0.4, 0.5) is 18.9 Å². The lowest BCUT2D eigenvalue weighted by Crippen LogP contribution is -2.07. The summed E-state index contributed by atoms with van der Waals surface area (Å²) in [6.45, 7) is 1.49. The zero-order chi connectivity index (χ0) is 16.7. The zero-order valence-corrected chi connectivity index (χ0v) is 11.6. The molecular weight excluding hydrogens is 305 g/mol. The molecule has 9 heteroatoms. The van der Waals surface area contributed by atoms with Crippen LogP contribution in [0.3, 0.4) is 0 Å². The lowest BCUT2D eigenvalue weighted by molar-refractivity contribution is -0.385. The number of aromatic nitrogens is 1. The summed E-state index contributed by atoms with van der Waals surface area (Å²) in [6, 6.07) is 1.49. The maximum atomic E-state index is 13.1. The number of methoxy groups -OCH3 is 1. The first-order valence-corrected chi connectivity index (χ1v) is 6.08. The Morgan fingerprint density at radius 1 is 1.41 bits per heavy atom. The molecule has 2 aromatic rings. The second kappa shape index (κ2) is 5.32. The first-order chi connectivity index (χ1) is 10.1. The molecule has 6 nitrogen and oxygen atoms in total. The Morgan fingerprint density at radius 2 is 2.05 bits per heavy atom. The largest absolute Gasteiger partial charge is 0.469 e. The molecule has 1 heterocycles. The van der Waals surface area contributed by atoms with Gasteiger partial charge >= 0.3 is 12.1 Å². The number of hydrogen-bond donors (Lipinski definition) is 1. The van der Waals surface area contributed by atoms with E-state index in [-0.39, 0.29) is 22.9 Å². The number of nitro groups is 1. The van der Waals surface area contributed by atoms with Gasteiger partial charge in [-0.1, -0.05) is 0 Å². The predicted molar refractivity (Wildman–Crippen MR) is 70.4 cm³/mol. The number of esters is 1. The number of aromatic amines is 1. The van der Waals surface area contributed by atoms with Gasteiger partial charge in [-0.3, -0.25) is 14.9 Å². The summed E-state index contributed by atoms with van der Waals surface area (Å²) in [5, 5.41) is 10.8. The molecule has 1 aromatic carbocycles. The number of fused-ring (bicyclic) bond motifs is 1. The highest BCUT2D eigenvalue weighted by Gasteiger charge is 2.36. The number of nitrogens with one attached hydrogen (secondary N) is 1. The third-order valence-corrected chi connectivity index (χ3v) is 3.28. The van der Waals surface area contributed by atoms with E-state index >= 15 is 0 Å². The van der Waals surface area contributed by atoms with Gasteiger partial charge in [-0.25, -0.2) is 0 Å². The fourth-order valence-corrected chi connectivity index (χ4v) is 2.24. The highest BCUT2D eigenvalue weighted by Crippen LogP contribution is 2.39. The molecule has 0 unspecified atom stereocenters. The second-order valence-corrected chi connectivity index (χ2v) is 4.65. The molecule has 22 heavy (non-hydrogen) atoms. The Hall–Kier alpha value is -2.58. The Morgan fingerprint density at radius 3 is 2.55 bits per heavy atom. The maximum Gasteiger partial charge on any atom is 0.418 e. The van der Waals surface area contributed by atoms with Crippen LogP contribution in [0.25, 0.3) is 10.9 Å². The number of hydrogen-bond acceptors (Lipinski definition) is 4. The minimum Gasteiger partial charge on any atom is -0.469 e. The van der Waals surface area contributed by atoms with Gasteiger partial charge in [-0.2, -0.15) is 13.2 Å². The van der Waals surface area contributed by atoms with Gasteiger partial charge in [-0.05, 0) is 12.5 Å². The molecule has 2 rings (SSSR count). The van der Waals surface area contributed by atoms with Gasteiger partial charge in [0.1, 0.15) is 0 Å². The summed E-state index contributed by atoms with van der Waals surface area (Å²) in [4.78, 5) is 23.9. The first-order valence-electron chi connectivity index (χ1n) is 6.08. The van der Waals surface area contributed by atoms with E-state index in [1.54, 1.807) is 0 Å². The van der Waals surface area contributed by atoms with Crippen molar-refractivity contribution in [1.82, 2.24) is 4.98 Å². The summed E-state index contributed by atoms with van der Waals surface area (Å²) in [7, 11) is 1.15. The highest BCUT2D eigenvalue weighted by atomic mass is 19.4. The molecule has 0 atom stereocenters. The van der Waals surface area contributed by atoms with Gasteiger partial charge in [0.05, 0.1) is 29.5 Å². The van der Waals surface area contributed by atoms with Crippen LogP contribution >= 0.6 is 0 Å². The molecular formula is C13H11F3N2O4. The number of nitro benzene ring substituents is 1. The third-order valence-electron chi connectivity index (χ3n) is 3.28. The van der Waals surface area contributed by atoms with Crippen LogP contribution in [0.5, 0.6) is 0 Å². The van der Waals surface area contributed by atoms with E-state index in [0.29, 0.717) is 11.8 Å². The Kier molecular flexibility index (Phi) is 3.82. The molecule has 0 spiro atoms. The molecule has 118 valence electrons. The highest BCUT2D eigenvalue weighted by molar-refractivity contribution is 5.92. The molecule has 0 aliphatic carbocycles. The summed E-state index contributed by atoms with van der Waals surface area (Å²) >= 11 is 0. The molecule has 0 amide bonds. The lowest BCUT2D eigenvalue weighted by Gasteiger charge is -2.08. The van der Waals surface area contributed by atoms with Gasteiger partial charge in [0.25, 0.3) is 5.69 Å². The van der Waals surface area contributed by atoms with Crippen molar-refractivity contribution in [3.8, 4) is 0 Å². The minimum atomic E-state index is -4.76. The number of carbonyl (C=O) groups excluding carboxylic acids is 1. The number of H-pyrrole nitrogens is 1. The van der Waals surface area contributed by atoms with Crippen molar-refractivity contribution < 1.29 is 27.6 Å². The molecule has 0 bridgehead atoms. The van der Waals surface area contributed by atoms with Crippen molar-refractivity contribution in [3.05, 3.63) is 39.1 Å². The lowest BCUT2D eigenvalue weighted by atomic mass is 10.0. The fraction of sp³-hybridized carbons (Fsp3) is 0.308. The topological polar surface area (TPSA) is 85.2 Å². The molecule has 0 aliphatic rings. The Labute approximate surface area is 122 Å². The normalized spacial score (nSPS) is 11.7. The second-order valence-electron chi connectivity index (χ2n) is 4.65. The van der Waals surface area contributed by atoms with Crippen molar-refractivity contribution in [2.45, 2.75) is 19.5 Å². The smallest absolute Gasteiger partial charge is 0.418 e. The van der Waals surface area contributed by atoms with Gasteiger partial charge in [0.2, 0.25) is 0 Å². The van der Waals surface area contributed by atoms with Gasteiger partial charge < -0.3 is 9.72 Å². The van der Waals surface area contributed by atoms with Crippen LogP contribution in [0.1, 0.15) is 16.8 Å². The zero-order valence-electron chi connectivity index (χ0n) is 11.6. The van der Waals surface area contributed by atoms with Crippen LogP contribution in [-0.2, 0) is 22.1 Å².